The Kier molecular flexibility index (Phi) is 3.01. The first kappa shape index (κ1) is 12.5. The van der Waals surface area contributed by atoms with Gasteiger partial charge in [-0.25, -0.2) is 8.78 Å². The van der Waals surface area contributed by atoms with E-state index in [-0.39, 0.29) is 24.2 Å². The van der Waals surface area contributed by atoms with Gasteiger partial charge in [-0.3, -0.25) is 10.1 Å². The molecule has 2 aliphatic rings. The minimum Gasteiger partial charge on any atom is -0.319 e. The molecule has 2 atom stereocenters. The highest BCUT2D eigenvalue weighted by molar-refractivity contribution is 5.85. The highest BCUT2D eigenvalue weighted by Gasteiger charge is 2.46. The van der Waals surface area contributed by atoms with E-state index in [0.29, 0.717) is 12.0 Å². The van der Waals surface area contributed by atoms with Crippen molar-refractivity contribution in [2.45, 2.75) is 44.4 Å². The Bertz CT molecular complexity index is 516. The number of carbonyl (C=O) groups is 1. The van der Waals surface area contributed by atoms with E-state index in [1.165, 1.54) is 12.1 Å². The van der Waals surface area contributed by atoms with Gasteiger partial charge in [-0.05, 0) is 37.0 Å². The minimum atomic E-state index is -0.873. The van der Waals surface area contributed by atoms with Crippen LogP contribution in [0.1, 0.15) is 37.9 Å². The maximum absolute atomic E-state index is 13.3. The molecule has 0 bridgehead atoms. The van der Waals surface area contributed by atoms with Crippen molar-refractivity contribution in [3.05, 3.63) is 35.4 Å². The summed E-state index contributed by atoms with van der Waals surface area (Å²) < 4.78 is 26.3. The molecule has 2 unspecified atom stereocenters. The zero-order valence-corrected chi connectivity index (χ0v) is 10.7. The van der Waals surface area contributed by atoms with E-state index in [1.807, 2.05) is 6.92 Å². The third kappa shape index (κ3) is 2.12. The van der Waals surface area contributed by atoms with Crippen LogP contribution in [0.5, 0.6) is 0 Å². The molecule has 102 valence electrons. The number of benzene rings is 1. The molecule has 3 rings (SSSR count). The van der Waals surface area contributed by atoms with Crippen molar-refractivity contribution in [2.75, 3.05) is 0 Å². The molecule has 0 aromatic heterocycles. The van der Waals surface area contributed by atoms with Gasteiger partial charge in [-0.1, -0.05) is 13.0 Å². The average Bonchev–Trinajstić information content (AvgIpc) is 3.17. The number of hydrogen-bond donors (Lipinski definition) is 1. The van der Waals surface area contributed by atoms with Crippen LogP contribution in [0.2, 0.25) is 0 Å². The van der Waals surface area contributed by atoms with Crippen LogP contribution in [0.3, 0.4) is 0 Å². The van der Waals surface area contributed by atoms with Crippen LogP contribution in [0, 0.1) is 11.6 Å². The van der Waals surface area contributed by atoms with Gasteiger partial charge in [-0.15, -0.1) is 0 Å². The van der Waals surface area contributed by atoms with E-state index >= 15 is 0 Å². The van der Waals surface area contributed by atoms with Gasteiger partial charge in [0.2, 0.25) is 5.91 Å². The Labute approximate surface area is 110 Å². The smallest absolute Gasteiger partial charge is 0.241 e. The van der Waals surface area contributed by atoms with Crippen molar-refractivity contribution in [3.8, 4) is 0 Å². The fourth-order valence-electron chi connectivity index (χ4n) is 2.62. The number of nitrogens with one attached hydrogen (secondary N) is 1. The van der Waals surface area contributed by atoms with Crippen molar-refractivity contribution < 1.29 is 13.6 Å². The Morgan fingerprint density at radius 2 is 2.05 bits per heavy atom. The first-order chi connectivity index (χ1) is 9.11. The van der Waals surface area contributed by atoms with Crippen molar-refractivity contribution in [2.24, 2.45) is 0 Å². The molecule has 1 aliphatic carbocycles. The second-order valence-corrected chi connectivity index (χ2v) is 5.18. The summed E-state index contributed by atoms with van der Waals surface area (Å²) in [4.78, 5) is 14.0. The Morgan fingerprint density at radius 1 is 1.32 bits per heavy atom. The molecule has 1 N–H and O–H groups in total. The third-order valence-electron chi connectivity index (χ3n) is 3.80. The first-order valence-electron chi connectivity index (χ1n) is 6.65. The van der Waals surface area contributed by atoms with E-state index in [1.54, 1.807) is 4.90 Å². The van der Waals surface area contributed by atoms with E-state index in [4.69, 9.17) is 0 Å². The number of amides is 1. The Balaban J connectivity index is 1.93. The summed E-state index contributed by atoms with van der Waals surface area (Å²) in [7, 11) is 0. The van der Waals surface area contributed by atoms with Crippen LogP contribution in [0.25, 0.3) is 0 Å². The van der Waals surface area contributed by atoms with Crippen molar-refractivity contribution in [3.63, 3.8) is 0 Å². The molecule has 1 amide bonds. The van der Waals surface area contributed by atoms with Gasteiger partial charge < -0.3 is 4.90 Å². The van der Waals surface area contributed by atoms with Gasteiger partial charge in [-0.2, -0.15) is 0 Å². The third-order valence-corrected chi connectivity index (χ3v) is 3.80. The number of hydrogen-bond acceptors (Lipinski definition) is 2. The van der Waals surface area contributed by atoms with Gasteiger partial charge >= 0.3 is 0 Å². The Hall–Kier alpha value is -1.49. The summed E-state index contributed by atoms with van der Waals surface area (Å²) in [6.07, 6.45) is 2.34. The van der Waals surface area contributed by atoms with E-state index in [9.17, 15) is 13.6 Å². The maximum atomic E-state index is 13.3. The van der Waals surface area contributed by atoms with Gasteiger partial charge in [0.05, 0.1) is 6.04 Å². The number of nitrogens with zero attached hydrogens (tertiary/aromatic N) is 1. The normalized spacial score (nSPS) is 27.1. The average molecular weight is 266 g/mol. The lowest BCUT2D eigenvalue weighted by Crippen LogP contribution is -2.32. The molecular formula is C14H16F2N2O. The highest BCUT2D eigenvalue weighted by atomic mass is 19.2. The summed E-state index contributed by atoms with van der Waals surface area (Å²) in [6, 6.07) is 3.85. The predicted octanol–water partition coefficient (Wildman–Crippen LogP) is 2.34. The molecule has 19 heavy (non-hydrogen) atoms. The summed E-state index contributed by atoms with van der Waals surface area (Å²) in [5.41, 5.74) is 0.607. The van der Waals surface area contributed by atoms with Crippen LogP contribution in [-0.2, 0) is 4.79 Å². The molecule has 2 fully saturated rings. The van der Waals surface area contributed by atoms with Crippen LogP contribution >= 0.6 is 0 Å². The standard InChI is InChI=1S/C14H16F2N2O/c1-2-12-14(19)18(9-4-5-9)13(17-12)8-3-6-10(15)11(16)7-8/h3,6-7,9,12-13,17H,2,4-5H2,1H3. The monoisotopic (exact) mass is 266 g/mol. The van der Waals surface area contributed by atoms with Crippen LogP contribution < -0.4 is 5.32 Å². The zero-order chi connectivity index (χ0) is 13.6. The molecule has 1 heterocycles. The molecule has 1 aromatic rings. The van der Waals surface area contributed by atoms with Crippen LogP contribution in [-0.4, -0.2) is 22.9 Å². The van der Waals surface area contributed by atoms with Crippen molar-refractivity contribution in [1.82, 2.24) is 10.2 Å². The van der Waals surface area contributed by atoms with Crippen LogP contribution in [0.4, 0.5) is 8.78 Å². The van der Waals surface area contributed by atoms with E-state index in [0.717, 1.165) is 18.9 Å². The topological polar surface area (TPSA) is 32.3 Å². The molecule has 1 saturated carbocycles. The molecule has 5 heteroatoms. The van der Waals surface area contributed by atoms with Gasteiger partial charge in [0.1, 0.15) is 6.17 Å². The van der Waals surface area contributed by atoms with Gasteiger partial charge in [0.15, 0.2) is 11.6 Å². The quantitative estimate of drug-likeness (QED) is 0.910. The van der Waals surface area contributed by atoms with Gasteiger partial charge in [0.25, 0.3) is 0 Å². The summed E-state index contributed by atoms with van der Waals surface area (Å²) in [6.45, 7) is 1.94. The molecule has 1 aromatic carbocycles. The Morgan fingerprint density at radius 3 is 2.63 bits per heavy atom. The van der Waals surface area contributed by atoms with Crippen LogP contribution in [0.15, 0.2) is 18.2 Å². The molecular weight excluding hydrogens is 250 g/mol. The lowest BCUT2D eigenvalue weighted by molar-refractivity contribution is -0.130. The number of rotatable bonds is 3. The molecule has 0 spiro atoms. The van der Waals surface area contributed by atoms with Crippen molar-refractivity contribution >= 4 is 5.91 Å². The highest BCUT2D eigenvalue weighted by Crippen LogP contribution is 2.37. The summed E-state index contributed by atoms with van der Waals surface area (Å²) in [5.74, 6) is -1.67. The second-order valence-electron chi connectivity index (χ2n) is 5.18. The fraction of sp³-hybridized carbons (Fsp3) is 0.500. The minimum absolute atomic E-state index is 0.0692. The van der Waals surface area contributed by atoms with E-state index < -0.39 is 11.6 Å². The number of halogens is 2. The maximum Gasteiger partial charge on any atom is 0.241 e. The molecule has 1 saturated heterocycles. The molecule has 3 nitrogen and oxygen atoms in total. The molecule has 0 radical (unpaired) electrons. The first-order valence-corrected chi connectivity index (χ1v) is 6.65. The largest absolute Gasteiger partial charge is 0.319 e. The lowest BCUT2D eigenvalue weighted by atomic mass is 10.1. The number of carbonyl (C=O) groups excluding carboxylic acids is 1. The van der Waals surface area contributed by atoms with Crippen molar-refractivity contribution in [1.29, 1.82) is 0 Å². The molecule has 1 aliphatic heterocycles. The second kappa shape index (κ2) is 4.56. The fourth-order valence-corrected chi connectivity index (χ4v) is 2.62. The van der Waals surface area contributed by atoms with E-state index in [2.05, 4.69) is 5.32 Å². The summed E-state index contributed by atoms with van der Waals surface area (Å²) >= 11 is 0. The lowest BCUT2D eigenvalue weighted by Gasteiger charge is -2.24. The summed E-state index contributed by atoms with van der Waals surface area (Å²) in [5, 5.41) is 3.21. The SMILES string of the molecule is CCC1NC(c2ccc(F)c(F)c2)N(C2CC2)C1=O. The predicted molar refractivity (Wildman–Crippen MR) is 66.2 cm³/mol. The zero-order valence-electron chi connectivity index (χ0n) is 10.7. The van der Waals surface area contributed by atoms with Gasteiger partial charge in [0, 0.05) is 6.04 Å².